The van der Waals surface area contributed by atoms with E-state index in [-0.39, 0.29) is 42.3 Å². The molecule has 0 fully saturated rings. The topological polar surface area (TPSA) is 177 Å². The minimum Gasteiger partial charge on any atom is -0.481 e. The average molecular weight is 831 g/mol. The smallest absolute Gasteiger partial charge is 0.306 e. The van der Waals surface area contributed by atoms with Crippen LogP contribution in [0.1, 0.15) is 142 Å². The van der Waals surface area contributed by atoms with Crippen LogP contribution in [-0.4, -0.2) is 103 Å². The van der Waals surface area contributed by atoms with Crippen LogP contribution in [-0.2, 0) is 35.3 Å². The first-order valence-electron chi connectivity index (χ1n) is 20.6. The van der Waals surface area contributed by atoms with Gasteiger partial charge in [-0.15, -0.1) is 0 Å². The number of unbranched alkanes of at least 4 members (excludes halogenated alkanes) is 11. The number of nitrogens with one attached hydrogen (secondary N) is 2. The average Bonchev–Trinajstić information content (AvgIpc) is 3.68. The fourth-order valence-electron chi connectivity index (χ4n) is 5.79. The first-order valence-corrected chi connectivity index (χ1v) is 24.0. The number of imidazole rings is 1. The van der Waals surface area contributed by atoms with Crippen LogP contribution in [0.4, 0.5) is 0 Å². The Balaban J connectivity index is 2.40. The molecule has 15 heteroatoms. The van der Waals surface area contributed by atoms with E-state index in [9.17, 15) is 24.0 Å². The number of carboxylic acids is 2. The third kappa shape index (κ3) is 32.4. The van der Waals surface area contributed by atoms with E-state index < -0.39 is 18.0 Å². The number of amides is 2. The van der Waals surface area contributed by atoms with Gasteiger partial charge in [0.2, 0.25) is 11.8 Å². The molecule has 0 radical (unpaired) electrons. The fourth-order valence-corrected chi connectivity index (χ4v) is 9.08. The highest BCUT2D eigenvalue weighted by molar-refractivity contribution is 8.00. The van der Waals surface area contributed by atoms with Gasteiger partial charge in [-0.2, -0.15) is 35.3 Å². The number of thioether (sulfide) groups is 3. The maximum Gasteiger partial charge on any atom is 0.306 e. The van der Waals surface area contributed by atoms with Gasteiger partial charge in [-0.05, 0) is 50.0 Å². The zero-order valence-electron chi connectivity index (χ0n) is 33.4. The molecule has 1 heterocycles. The first-order chi connectivity index (χ1) is 26.7. The molecule has 0 bridgehead atoms. The lowest BCUT2D eigenvalue weighted by Gasteiger charge is -2.19. The summed E-state index contributed by atoms with van der Waals surface area (Å²) < 4.78 is 7.37. The van der Waals surface area contributed by atoms with Crippen LogP contribution >= 0.6 is 35.3 Å². The predicted octanol–water partition coefficient (Wildman–Crippen LogP) is 7.98. The molecule has 1 rings (SSSR count). The normalized spacial score (nSPS) is 12.2. The molecule has 1 aromatic rings. The Kier molecular flexibility index (Phi) is 33.1. The summed E-state index contributed by atoms with van der Waals surface area (Å²) >= 11 is 4.78. The number of carboxylic acid groups (broad SMARTS) is 2. The summed E-state index contributed by atoms with van der Waals surface area (Å²) in [5.74, 6) is 0.813. The van der Waals surface area contributed by atoms with E-state index in [2.05, 4.69) is 22.5 Å². The van der Waals surface area contributed by atoms with Gasteiger partial charge in [0.1, 0.15) is 6.04 Å². The number of carbonyl (C=O) groups is 5. The number of nitrogens with zero attached hydrogens (tertiary/aromatic N) is 2. The number of aliphatic carboxylic acids is 2. The Morgan fingerprint density at radius 1 is 0.709 bits per heavy atom. The molecule has 0 saturated carbocycles. The van der Waals surface area contributed by atoms with Crippen molar-refractivity contribution in [1.29, 1.82) is 0 Å². The molecule has 2 amide bonds. The van der Waals surface area contributed by atoms with E-state index in [4.69, 9.17) is 14.9 Å². The van der Waals surface area contributed by atoms with Crippen molar-refractivity contribution in [2.24, 2.45) is 0 Å². The van der Waals surface area contributed by atoms with E-state index in [0.29, 0.717) is 55.4 Å². The van der Waals surface area contributed by atoms with Crippen LogP contribution in [0, 0.1) is 0 Å². The van der Waals surface area contributed by atoms with E-state index in [1.807, 2.05) is 10.8 Å². The second-order valence-electron chi connectivity index (χ2n) is 13.9. The number of aromatic nitrogens is 2. The molecule has 1 aromatic heterocycles. The van der Waals surface area contributed by atoms with Crippen LogP contribution in [0.2, 0.25) is 0 Å². The number of esters is 1. The van der Waals surface area contributed by atoms with Crippen molar-refractivity contribution >= 4 is 65.0 Å². The molecule has 316 valence electrons. The summed E-state index contributed by atoms with van der Waals surface area (Å²) in [5, 5.41) is 24.0. The molecule has 0 aromatic carbocycles. The summed E-state index contributed by atoms with van der Waals surface area (Å²) in [4.78, 5) is 64.2. The molecule has 4 N–H and O–H groups in total. The Morgan fingerprint density at radius 2 is 1.35 bits per heavy atom. The lowest BCUT2D eigenvalue weighted by atomic mass is 10.1. The first kappa shape index (κ1) is 50.6. The Morgan fingerprint density at radius 3 is 2.00 bits per heavy atom. The van der Waals surface area contributed by atoms with Gasteiger partial charge in [-0.25, -0.2) is 4.98 Å². The van der Waals surface area contributed by atoms with Crippen molar-refractivity contribution in [1.82, 2.24) is 20.2 Å². The quantitative estimate of drug-likeness (QED) is 0.0372. The van der Waals surface area contributed by atoms with E-state index >= 15 is 0 Å². The third-order valence-electron chi connectivity index (χ3n) is 9.01. The summed E-state index contributed by atoms with van der Waals surface area (Å²) in [6, 6.07) is -0.677. The molecular formula is C40H70N4O8S3. The van der Waals surface area contributed by atoms with Crippen molar-refractivity contribution in [3.05, 3.63) is 18.7 Å². The van der Waals surface area contributed by atoms with Crippen LogP contribution in [0.5, 0.6) is 0 Å². The Bertz CT molecular complexity index is 1150. The maximum absolute atomic E-state index is 13.1. The summed E-state index contributed by atoms with van der Waals surface area (Å²) in [7, 11) is 0. The third-order valence-corrected chi connectivity index (χ3v) is 12.4. The molecule has 2 unspecified atom stereocenters. The number of carbonyl (C=O) groups excluding carboxylic acids is 3. The van der Waals surface area contributed by atoms with Crippen LogP contribution in [0.25, 0.3) is 0 Å². The summed E-state index contributed by atoms with van der Waals surface area (Å²) in [5.41, 5.74) is 0. The van der Waals surface area contributed by atoms with Gasteiger partial charge in [0, 0.05) is 54.4 Å². The number of hydrogen-bond acceptors (Lipinski definition) is 10. The highest BCUT2D eigenvalue weighted by Gasteiger charge is 2.20. The van der Waals surface area contributed by atoms with Crippen molar-refractivity contribution in [2.75, 3.05) is 41.9 Å². The largest absolute Gasteiger partial charge is 0.481 e. The molecular weight excluding hydrogens is 761 g/mol. The summed E-state index contributed by atoms with van der Waals surface area (Å²) in [6.45, 7) is 3.90. The van der Waals surface area contributed by atoms with Crippen molar-refractivity contribution in [3.63, 3.8) is 0 Å². The van der Waals surface area contributed by atoms with Gasteiger partial charge in [-0.1, -0.05) is 77.6 Å². The minimum atomic E-state index is -0.832. The van der Waals surface area contributed by atoms with Crippen molar-refractivity contribution < 1.29 is 38.9 Å². The molecule has 0 aliphatic carbocycles. The lowest BCUT2D eigenvalue weighted by molar-refractivity contribution is -0.143. The van der Waals surface area contributed by atoms with E-state index in [0.717, 1.165) is 50.8 Å². The van der Waals surface area contributed by atoms with Crippen LogP contribution in [0.3, 0.4) is 0 Å². The molecule has 0 spiro atoms. The molecule has 2 atom stereocenters. The second kappa shape index (κ2) is 36.0. The zero-order chi connectivity index (χ0) is 40.2. The van der Waals surface area contributed by atoms with Gasteiger partial charge >= 0.3 is 17.9 Å². The lowest BCUT2D eigenvalue weighted by Crippen LogP contribution is -2.47. The van der Waals surface area contributed by atoms with Crippen molar-refractivity contribution in [3.8, 4) is 0 Å². The van der Waals surface area contributed by atoms with Gasteiger partial charge in [-0.3, -0.25) is 24.0 Å². The van der Waals surface area contributed by atoms with Crippen molar-refractivity contribution in [2.45, 2.75) is 160 Å². The van der Waals surface area contributed by atoms with Gasteiger partial charge in [0.15, 0.2) is 0 Å². The van der Waals surface area contributed by atoms with Crippen LogP contribution in [0.15, 0.2) is 18.7 Å². The van der Waals surface area contributed by atoms with E-state index in [1.165, 1.54) is 57.8 Å². The molecule has 0 saturated heterocycles. The highest BCUT2D eigenvalue weighted by Crippen LogP contribution is 2.24. The monoisotopic (exact) mass is 830 g/mol. The second-order valence-corrected chi connectivity index (χ2v) is 17.8. The Hall–Kier alpha value is -2.39. The molecule has 12 nitrogen and oxygen atoms in total. The summed E-state index contributed by atoms with van der Waals surface area (Å²) in [6.07, 6.45) is 24.1. The highest BCUT2D eigenvalue weighted by atomic mass is 32.2. The molecule has 0 aliphatic heterocycles. The van der Waals surface area contributed by atoms with Gasteiger partial charge in [0.25, 0.3) is 0 Å². The fraction of sp³-hybridized carbons (Fsp3) is 0.800. The Labute approximate surface area is 343 Å². The van der Waals surface area contributed by atoms with Crippen LogP contribution < -0.4 is 10.6 Å². The number of aryl methyl sites for hydroxylation is 1. The zero-order valence-corrected chi connectivity index (χ0v) is 35.8. The molecule has 55 heavy (non-hydrogen) atoms. The maximum atomic E-state index is 13.1. The number of hydrogen-bond donors (Lipinski definition) is 4. The number of rotatable bonds is 39. The standard InChI is InChI=1S/C40H70N4O8S3/c1-2-3-4-5-6-7-8-9-10-11-14-27-52-39(50)22-31-54-29-19-35(40(51)42-23-15-25-44-26-24-41-33-44)43-36(45)17-13-12-16-34(55-32-21-38(48)49)18-28-53-30-20-37(46)47/h24,26,33-35H,2-23,25,27-32H2,1H3,(H,42,51)(H,43,45)(H,46,47)(H,48,49). The molecule has 0 aliphatic rings. The predicted molar refractivity (Wildman–Crippen MR) is 227 cm³/mol. The SMILES string of the molecule is CCCCCCCCCCCCCOC(=O)CCSCCC(NC(=O)CCCCC(CCSCCC(=O)O)SCCC(=O)O)C(=O)NCCCn1ccnc1. The minimum absolute atomic E-state index is 0.0879. The van der Waals surface area contributed by atoms with E-state index in [1.54, 1.807) is 47.8 Å². The number of ether oxygens (including phenoxy) is 1. The van der Waals surface area contributed by atoms with Gasteiger partial charge in [0.05, 0.1) is 32.2 Å². The van der Waals surface area contributed by atoms with Gasteiger partial charge < -0.3 is 30.2 Å².